The highest BCUT2D eigenvalue weighted by molar-refractivity contribution is 5.79. The summed E-state index contributed by atoms with van der Waals surface area (Å²) in [5.41, 5.74) is 2.58. The van der Waals surface area contributed by atoms with Crippen molar-refractivity contribution in [1.82, 2.24) is 14.5 Å². The lowest BCUT2D eigenvalue weighted by molar-refractivity contribution is 0.296. The second kappa shape index (κ2) is 4.68. The molecule has 0 bridgehead atoms. The van der Waals surface area contributed by atoms with Crippen molar-refractivity contribution in [2.24, 2.45) is 7.05 Å². The van der Waals surface area contributed by atoms with Gasteiger partial charge < -0.3 is 9.30 Å². The Kier molecular flexibility index (Phi) is 2.87. The highest BCUT2D eigenvalue weighted by Gasteiger charge is 2.08. The molecule has 0 fully saturated rings. The number of fused-ring (bicyclic) bond motifs is 1. The SMILES string of the molecule is Cn1cnc2ccnc(OCc3ccc(F)cc3)c21. The third-order valence-electron chi connectivity index (χ3n) is 2.88. The number of pyridine rings is 1. The van der Waals surface area contributed by atoms with Crippen LogP contribution in [-0.4, -0.2) is 14.5 Å². The van der Waals surface area contributed by atoms with Crippen LogP contribution in [0.15, 0.2) is 42.9 Å². The van der Waals surface area contributed by atoms with E-state index in [1.807, 2.05) is 17.7 Å². The minimum absolute atomic E-state index is 0.254. The van der Waals surface area contributed by atoms with Gasteiger partial charge in [0.25, 0.3) is 0 Å². The van der Waals surface area contributed by atoms with E-state index in [2.05, 4.69) is 9.97 Å². The van der Waals surface area contributed by atoms with E-state index in [1.165, 1.54) is 12.1 Å². The van der Waals surface area contributed by atoms with Gasteiger partial charge in [0.1, 0.15) is 17.9 Å². The lowest BCUT2D eigenvalue weighted by atomic mass is 10.2. The molecule has 0 aliphatic carbocycles. The molecule has 0 aliphatic heterocycles. The summed E-state index contributed by atoms with van der Waals surface area (Å²) in [5.74, 6) is 0.275. The zero-order chi connectivity index (χ0) is 13.2. The van der Waals surface area contributed by atoms with Crippen molar-refractivity contribution in [3.8, 4) is 5.88 Å². The number of nitrogens with zero attached hydrogens (tertiary/aromatic N) is 3. The molecule has 19 heavy (non-hydrogen) atoms. The molecule has 0 aliphatic rings. The van der Waals surface area contributed by atoms with E-state index in [9.17, 15) is 4.39 Å². The Labute approximate surface area is 109 Å². The Bertz CT molecular complexity index is 706. The molecule has 4 nitrogen and oxygen atoms in total. The maximum atomic E-state index is 12.8. The van der Waals surface area contributed by atoms with Crippen LogP contribution in [0.1, 0.15) is 5.56 Å². The van der Waals surface area contributed by atoms with Crippen molar-refractivity contribution in [2.75, 3.05) is 0 Å². The number of rotatable bonds is 3. The zero-order valence-corrected chi connectivity index (χ0v) is 10.4. The maximum Gasteiger partial charge on any atom is 0.240 e. The number of hydrogen-bond donors (Lipinski definition) is 0. The van der Waals surface area contributed by atoms with Crippen LogP contribution in [0.3, 0.4) is 0 Å². The molecule has 0 atom stereocenters. The summed E-state index contributed by atoms with van der Waals surface area (Å²) in [6, 6.07) is 8.05. The summed E-state index contributed by atoms with van der Waals surface area (Å²) in [7, 11) is 1.89. The Morgan fingerprint density at radius 1 is 1.16 bits per heavy atom. The van der Waals surface area contributed by atoms with Gasteiger partial charge in [-0.05, 0) is 23.8 Å². The van der Waals surface area contributed by atoms with Gasteiger partial charge in [-0.25, -0.2) is 14.4 Å². The van der Waals surface area contributed by atoms with E-state index in [0.717, 1.165) is 16.6 Å². The second-order valence-corrected chi connectivity index (χ2v) is 4.25. The first-order valence-electron chi connectivity index (χ1n) is 5.87. The van der Waals surface area contributed by atoms with Gasteiger partial charge in [-0.15, -0.1) is 0 Å². The van der Waals surface area contributed by atoms with Crippen LogP contribution in [0.25, 0.3) is 11.0 Å². The molecule has 2 heterocycles. The topological polar surface area (TPSA) is 39.9 Å². The van der Waals surface area contributed by atoms with Gasteiger partial charge in [-0.1, -0.05) is 12.1 Å². The minimum atomic E-state index is -0.254. The molecule has 0 spiro atoms. The van der Waals surface area contributed by atoms with E-state index in [1.54, 1.807) is 24.7 Å². The van der Waals surface area contributed by atoms with Crippen molar-refractivity contribution in [1.29, 1.82) is 0 Å². The third kappa shape index (κ3) is 2.27. The largest absolute Gasteiger partial charge is 0.471 e. The molecule has 3 aromatic rings. The standard InChI is InChI=1S/C14H12FN3O/c1-18-9-17-12-6-7-16-14(13(12)18)19-8-10-2-4-11(15)5-3-10/h2-7,9H,8H2,1H3. The number of hydrogen-bond acceptors (Lipinski definition) is 3. The number of imidazole rings is 1. The Morgan fingerprint density at radius 2 is 1.95 bits per heavy atom. The molecule has 0 unspecified atom stereocenters. The van der Waals surface area contributed by atoms with Crippen LogP contribution in [0.2, 0.25) is 0 Å². The van der Waals surface area contributed by atoms with Gasteiger partial charge in [-0.3, -0.25) is 0 Å². The number of aromatic nitrogens is 3. The van der Waals surface area contributed by atoms with E-state index >= 15 is 0 Å². The predicted octanol–water partition coefficient (Wildman–Crippen LogP) is 2.69. The predicted molar refractivity (Wildman–Crippen MR) is 69.2 cm³/mol. The fourth-order valence-corrected chi connectivity index (χ4v) is 1.91. The van der Waals surface area contributed by atoms with Gasteiger partial charge in [0.15, 0.2) is 0 Å². The summed E-state index contributed by atoms with van der Waals surface area (Å²) in [4.78, 5) is 8.45. The van der Waals surface area contributed by atoms with Crippen molar-refractivity contribution < 1.29 is 9.13 Å². The van der Waals surface area contributed by atoms with Gasteiger partial charge in [0, 0.05) is 13.2 Å². The van der Waals surface area contributed by atoms with E-state index in [4.69, 9.17) is 4.74 Å². The highest BCUT2D eigenvalue weighted by Crippen LogP contribution is 2.22. The van der Waals surface area contributed by atoms with Crippen LogP contribution in [0.5, 0.6) is 5.88 Å². The number of benzene rings is 1. The van der Waals surface area contributed by atoms with E-state index < -0.39 is 0 Å². The van der Waals surface area contributed by atoms with Crippen molar-refractivity contribution in [3.63, 3.8) is 0 Å². The lowest BCUT2D eigenvalue weighted by Crippen LogP contribution is -1.99. The molecule has 0 saturated carbocycles. The summed E-state index contributed by atoms with van der Waals surface area (Å²) in [6.45, 7) is 0.345. The van der Waals surface area contributed by atoms with E-state index in [0.29, 0.717) is 12.5 Å². The molecule has 2 aromatic heterocycles. The van der Waals surface area contributed by atoms with Gasteiger partial charge in [-0.2, -0.15) is 0 Å². The van der Waals surface area contributed by atoms with Crippen molar-refractivity contribution in [2.45, 2.75) is 6.61 Å². The molecule has 3 rings (SSSR count). The summed E-state index contributed by atoms with van der Waals surface area (Å²) < 4.78 is 20.4. The first-order valence-corrected chi connectivity index (χ1v) is 5.87. The zero-order valence-electron chi connectivity index (χ0n) is 10.4. The lowest BCUT2D eigenvalue weighted by Gasteiger charge is -2.07. The molecular formula is C14H12FN3O. The summed E-state index contributed by atoms with van der Waals surface area (Å²) in [6.07, 6.45) is 3.38. The Hall–Kier alpha value is -2.43. The van der Waals surface area contributed by atoms with Gasteiger partial charge in [0.2, 0.25) is 5.88 Å². The molecule has 0 amide bonds. The highest BCUT2D eigenvalue weighted by atomic mass is 19.1. The molecule has 0 radical (unpaired) electrons. The first kappa shape index (κ1) is 11.6. The van der Waals surface area contributed by atoms with Crippen LogP contribution >= 0.6 is 0 Å². The molecule has 96 valence electrons. The fraction of sp³-hybridized carbons (Fsp3) is 0.143. The van der Waals surface area contributed by atoms with Gasteiger partial charge >= 0.3 is 0 Å². The van der Waals surface area contributed by atoms with Crippen molar-refractivity contribution in [3.05, 3.63) is 54.2 Å². The van der Waals surface area contributed by atoms with Crippen molar-refractivity contribution >= 4 is 11.0 Å². The van der Waals surface area contributed by atoms with Gasteiger partial charge in [0.05, 0.1) is 11.8 Å². The third-order valence-corrected chi connectivity index (χ3v) is 2.88. The normalized spacial score (nSPS) is 10.8. The number of ether oxygens (including phenoxy) is 1. The smallest absolute Gasteiger partial charge is 0.240 e. The van der Waals surface area contributed by atoms with Crippen LogP contribution in [-0.2, 0) is 13.7 Å². The minimum Gasteiger partial charge on any atom is -0.471 e. The molecule has 5 heteroatoms. The molecule has 0 saturated heterocycles. The summed E-state index contributed by atoms with van der Waals surface area (Å²) in [5, 5.41) is 0. The quantitative estimate of drug-likeness (QED) is 0.724. The molecule has 1 aromatic carbocycles. The number of halogens is 1. The van der Waals surface area contributed by atoms with E-state index in [-0.39, 0.29) is 5.82 Å². The fourth-order valence-electron chi connectivity index (χ4n) is 1.91. The van der Waals surface area contributed by atoms with Crippen LogP contribution < -0.4 is 4.74 Å². The van der Waals surface area contributed by atoms with Crippen LogP contribution in [0.4, 0.5) is 4.39 Å². The second-order valence-electron chi connectivity index (χ2n) is 4.25. The molecule has 0 N–H and O–H groups in total. The average molecular weight is 257 g/mol. The number of aryl methyl sites for hydroxylation is 1. The maximum absolute atomic E-state index is 12.8. The van der Waals surface area contributed by atoms with Crippen LogP contribution in [0, 0.1) is 5.82 Å². The average Bonchev–Trinajstić information content (AvgIpc) is 2.81. The Balaban J connectivity index is 1.85. The first-order chi connectivity index (χ1) is 9.24. The monoisotopic (exact) mass is 257 g/mol. The summed E-state index contributed by atoms with van der Waals surface area (Å²) >= 11 is 0. The Morgan fingerprint density at radius 3 is 2.74 bits per heavy atom. The molecular weight excluding hydrogens is 245 g/mol.